The van der Waals surface area contributed by atoms with Gasteiger partial charge in [0.05, 0.1) is 11.7 Å². The van der Waals surface area contributed by atoms with Gasteiger partial charge in [-0.3, -0.25) is 4.68 Å². The average Bonchev–Trinajstić information content (AvgIpc) is 2.38. The van der Waals surface area contributed by atoms with Crippen molar-refractivity contribution >= 4 is 0 Å². The number of nitrogens with one attached hydrogen (secondary N) is 1. The number of aromatic nitrogens is 2. The molecule has 0 aliphatic carbocycles. The summed E-state index contributed by atoms with van der Waals surface area (Å²) in [4.78, 5) is 0. The Bertz CT molecular complexity index is 275. The van der Waals surface area contributed by atoms with E-state index >= 15 is 0 Å². The SMILES string of the molecule is C=C(C)C(NC)c1ccnn1C. The van der Waals surface area contributed by atoms with Crippen molar-refractivity contribution in [3.05, 3.63) is 30.1 Å². The molecule has 0 saturated heterocycles. The van der Waals surface area contributed by atoms with Crippen molar-refractivity contribution in [3.63, 3.8) is 0 Å². The Morgan fingerprint density at radius 1 is 1.75 bits per heavy atom. The minimum Gasteiger partial charge on any atom is -0.308 e. The van der Waals surface area contributed by atoms with Crippen LogP contribution in [0, 0.1) is 0 Å². The van der Waals surface area contributed by atoms with E-state index in [0.717, 1.165) is 11.3 Å². The second kappa shape index (κ2) is 3.54. The number of rotatable bonds is 3. The van der Waals surface area contributed by atoms with Crippen LogP contribution in [0.15, 0.2) is 24.4 Å². The summed E-state index contributed by atoms with van der Waals surface area (Å²) in [7, 11) is 3.86. The maximum absolute atomic E-state index is 4.10. The lowest BCUT2D eigenvalue weighted by molar-refractivity contribution is 0.599. The smallest absolute Gasteiger partial charge is 0.0699 e. The second-order valence-corrected chi connectivity index (χ2v) is 2.95. The van der Waals surface area contributed by atoms with E-state index in [4.69, 9.17) is 0 Å². The van der Waals surface area contributed by atoms with Gasteiger partial charge in [-0.05, 0) is 20.0 Å². The number of hydrogen-bond acceptors (Lipinski definition) is 2. The van der Waals surface area contributed by atoms with E-state index in [0.29, 0.717) is 0 Å². The fraction of sp³-hybridized carbons (Fsp3) is 0.444. The zero-order valence-corrected chi connectivity index (χ0v) is 7.83. The Kier molecular flexibility index (Phi) is 2.65. The standard InChI is InChI=1S/C9H15N3/c1-7(2)9(10-3)8-5-6-11-12(8)4/h5-6,9-10H,1H2,2-4H3. The minimum absolute atomic E-state index is 0.206. The molecule has 12 heavy (non-hydrogen) atoms. The lowest BCUT2D eigenvalue weighted by Gasteiger charge is -2.15. The molecule has 1 heterocycles. The molecule has 0 spiro atoms. The third-order valence-electron chi connectivity index (χ3n) is 1.94. The Labute approximate surface area is 73.1 Å². The maximum atomic E-state index is 4.10. The van der Waals surface area contributed by atoms with Gasteiger partial charge < -0.3 is 5.32 Å². The highest BCUT2D eigenvalue weighted by Gasteiger charge is 2.12. The first-order chi connectivity index (χ1) is 5.66. The first kappa shape index (κ1) is 9.00. The number of aryl methyl sites for hydroxylation is 1. The number of hydrogen-bond donors (Lipinski definition) is 1. The first-order valence-corrected chi connectivity index (χ1v) is 3.97. The normalized spacial score (nSPS) is 12.9. The van der Waals surface area contributed by atoms with Crippen molar-refractivity contribution in [2.45, 2.75) is 13.0 Å². The van der Waals surface area contributed by atoms with Crippen LogP contribution in [-0.4, -0.2) is 16.8 Å². The van der Waals surface area contributed by atoms with Gasteiger partial charge >= 0.3 is 0 Å². The minimum atomic E-state index is 0.206. The van der Waals surface area contributed by atoms with Crippen LogP contribution in [0.3, 0.4) is 0 Å². The van der Waals surface area contributed by atoms with Gasteiger partial charge in [-0.25, -0.2) is 0 Å². The van der Waals surface area contributed by atoms with Gasteiger partial charge in [-0.2, -0.15) is 5.10 Å². The Hall–Kier alpha value is -1.09. The van der Waals surface area contributed by atoms with E-state index < -0.39 is 0 Å². The molecule has 1 N–H and O–H groups in total. The highest BCUT2D eigenvalue weighted by Crippen LogP contribution is 2.17. The Balaban J connectivity index is 2.94. The molecule has 0 saturated carbocycles. The molecule has 1 unspecified atom stereocenters. The number of likely N-dealkylation sites (N-methyl/N-ethyl adjacent to an activating group) is 1. The monoisotopic (exact) mass is 165 g/mol. The zero-order valence-electron chi connectivity index (χ0n) is 7.83. The van der Waals surface area contributed by atoms with Gasteiger partial charge in [0.1, 0.15) is 0 Å². The third kappa shape index (κ3) is 1.56. The molecule has 1 aromatic heterocycles. The summed E-state index contributed by atoms with van der Waals surface area (Å²) in [6.07, 6.45) is 1.79. The van der Waals surface area contributed by atoms with Crippen molar-refractivity contribution in [3.8, 4) is 0 Å². The topological polar surface area (TPSA) is 29.9 Å². The Morgan fingerprint density at radius 3 is 2.75 bits per heavy atom. The molecule has 0 radical (unpaired) electrons. The predicted molar refractivity (Wildman–Crippen MR) is 49.8 cm³/mol. The molecule has 1 atom stereocenters. The second-order valence-electron chi connectivity index (χ2n) is 2.95. The maximum Gasteiger partial charge on any atom is 0.0699 e. The summed E-state index contributed by atoms with van der Waals surface area (Å²) in [6, 6.07) is 2.20. The quantitative estimate of drug-likeness (QED) is 0.683. The van der Waals surface area contributed by atoms with Crippen LogP contribution in [-0.2, 0) is 7.05 Å². The Morgan fingerprint density at radius 2 is 2.42 bits per heavy atom. The van der Waals surface area contributed by atoms with Crippen molar-refractivity contribution in [2.75, 3.05) is 7.05 Å². The molecule has 3 heteroatoms. The molecule has 0 fully saturated rings. The molecular formula is C9H15N3. The molecule has 0 aliphatic heterocycles. The van der Waals surface area contributed by atoms with E-state index in [9.17, 15) is 0 Å². The molecular weight excluding hydrogens is 150 g/mol. The molecule has 3 nitrogen and oxygen atoms in total. The summed E-state index contributed by atoms with van der Waals surface area (Å²) in [5.41, 5.74) is 2.24. The van der Waals surface area contributed by atoms with Crippen LogP contribution < -0.4 is 5.32 Å². The van der Waals surface area contributed by atoms with Crippen molar-refractivity contribution < 1.29 is 0 Å². The summed E-state index contributed by atoms with van der Waals surface area (Å²) in [6.45, 7) is 5.93. The van der Waals surface area contributed by atoms with E-state index in [1.165, 1.54) is 0 Å². The van der Waals surface area contributed by atoms with Crippen LogP contribution in [0.25, 0.3) is 0 Å². The molecule has 0 amide bonds. The number of nitrogens with zero attached hydrogens (tertiary/aromatic N) is 2. The van der Waals surface area contributed by atoms with Gasteiger partial charge in [-0.1, -0.05) is 12.2 Å². The molecule has 0 aromatic carbocycles. The molecule has 1 aromatic rings. The molecule has 0 aliphatic rings. The fourth-order valence-electron chi connectivity index (χ4n) is 1.31. The van der Waals surface area contributed by atoms with Crippen LogP contribution in [0.1, 0.15) is 18.7 Å². The predicted octanol–water partition coefficient (Wildman–Crippen LogP) is 1.26. The van der Waals surface area contributed by atoms with Crippen molar-refractivity contribution in [1.82, 2.24) is 15.1 Å². The molecule has 1 rings (SSSR count). The average molecular weight is 165 g/mol. The lowest BCUT2D eigenvalue weighted by Crippen LogP contribution is -2.19. The van der Waals surface area contributed by atoms with Gasteiger partial charge in [0.2, 0.25) is 0 Å². The summed E-state index contributed by atoms with van der Waals surface area (Å²) in [5, 5.41) is 7.29. The summed E-state index contributed by atoms with van der Waals surface area (Å²) < 4.78 is 1.86. The van der Waals surface area contributed by atoms with E-state index in [2.05, 4.69) is 17.0 Å². The third-order valence-corrected chi connectivity index (χ3v) is 1.94. The fourth-order valence-corrected chi connectivity index (χ4v) is 1.31. The molecule has 66 valence electrons. The van der Waals surface area contributed by atoms with E-state index in [-0.39, 0.29) is 6.04 Å². The van der Waals surface area contributed by atoms with Crippen LogP contribution in [0.4, 0.5) is 0 Å². The van der Waals surface area contributed by atoms with E-state index in [1.807, 2.05) is 31.8 Å². The van der Waals surface area contributed by atoms with Crippen molar-refractivity contribution in [2.24, 2.45) is 7.05 Å². The van der Waals surface area contributed by atoms with Crippen molar-refractivity contribution in [1.29, 1.82) is 0 Å². The van der Waals surface area contributed by atoms with Gasteiger partial charge in [0.15, 0.2) is 0 Å². The zero-order chi connectivity index (χ0) is 9.14. The van der Waals surface area contributed by atoms with E-state index in [1.54, 1.807) is 6.20 Å². The lowest BCUT2D eigenvalue weighted by atomic mass is 10.1. The van der Waals surface area contributed by atoms with Crippen LogP contribution in [0.2, 0.25) is 0 Å². The van der Waals surface area contributed by atoms with Gasteiger partial charge in [-0.15, -0.1) is 0 Å². The summed E-state index contributed by atoms with van der Waals surface area (Å²) in [5.74, 6) is 0. The molecule has 0 bridgehead atoms. The van der Waals surface area contributed by atoms with Gasteiger partial charge in [0, 0.05) is 13.2 Å². The highest BCUT2D eigenvalue weighted by atomic mass is 15.3. The van der Waals surface area contributed by atoms with Crippen LogP contribution >= 0.6 is 0 Å². The first-order valence-electron chi connectivity index (χ1n) is 3.97. The summed E-state index contributed by atoms with van der Waals surface area (Å²) >= 11 is 0. The highest BCUT2D eigenvalue weighted by molar-refractivity contribution is 5.17. The van der Waals surface area contributed by atoms with Gasteiger partial charge in [0.25, 0.3) is 0 Å². The largest absolute Gasteiger partial charge is 0.308 e. The van der Waals surface area contributed by atoms with Crippen LogP contribution in [0.5, 0.6) is 0 Å².